The van der Waals surface area contributed by atoms with Gasteiger partial charge in [-0.05, 0) is 118 Å². The standard InChI is InChI=1S/C49H56N4O12S3/c1-25(2)15-17-43(54)52-48-29(7)19-27(5)46(31(48)9)50-36-23-38-34(21-41(36)67(59,60)61)45(33-13-11-12-14-40(33)66(56,57)58)35-22-42(68(62,63)64)37(24-39(35)65-38)51-47-28(6)20-30(8)49(32(47)10)53-44(55)18-16-26(3)4/h11-14,19-26,50H,15-18H2,1-10H3,(H,52,54)(H,53,55)(H,56,57,58)(H,59,60,61)(H,62,63,64)/b51-37+. The molecule has 16 nitrogen and oxygen atoms in total. The Hall–Kier alpha value is -5.96. The van der Waals surface area contributed by atoms with E-state index in [1.165, 1.54) is 30.3 Å². The zero-order chi connectivity index (χ0) is 50.4. The van der Waals surface area contributed by atoms with Crippen molar-refractivity contribution in [2.75, 3.05) is 16.0 Å². The Morgan fingerprint density at radius 3 is 1.66 bits per heavy atom. The third-order valence-electron chi connectivity index (χ3n) is 11.7. The maximum atomic E-state index is 13.4. The van der Waals surface area contributed by atoms with E-state index >= 15 is 0 Å². The van der Waals surface area contributed by atoms with Crippen LogP contribution in [-0.2, 0) is 39.9 Å². The average Bonchev–Trinajstić information content (AvgIpc) is 3.22. The Labute approximate surface area is 396 Å². The number of nitrogens with one attached hydrogen (secondary N) is 3. The average molecular weight is 989 g/mol. The monoisotopic (exact) mass is 988 g/mol. The third kappa shape index (κ3) is 11.1. The van der Waals surface area contributed by atoms with Crippen molar-refractivity contribution in [3.63, 3.8) is 0 Å². The SMILES string of the molecule is Cc1cc(C)c(NC(=O)CCC(C)C)c(C)c1/N=c1\cc2oc3cc(Nc4c(C)cc(C)c(NC(=O)CCC(C)C)c4C)c(S(=O)(=O)O)cc3c(-c3ccccc3S(=O)(=O)O)c-2cc1S(=O)(=O)O. The van der Waals surface area contributed by atoms with Crippen LogP contribution in [0.2, 0.25) is 0 Å². The van der Waals surface area contributed by atoms with Crippen LogP contribution in [0.3, 0.4) is 0 Å². The summed E-state index contributed by atoms with van der Waals surface area (Å²) in [5, 5.41) is 8.57. The lowest BCUT2D eigenvalue weighted by Gasteiger charge is -2.22. The Balaban J connectivity index is 1.70. The molecule has 0 bridgehead atoms. The predicted molar refractivity (Wildman–Crippen MR) is 263 cm³/mol. The third-order valence-corrected chi connectivity index (χ3v) is 14.4. The molecule has 0 unspecified atom stereocenters. The number of carbonyl (C=O) groups excluding carboxylic acids is 2. The van der Waals surface area contributed by atoms with Gasteiger partial charge in [-0.3, -0.25) is 23.2 Å². The molecular formula is C49H56N4O12S3. The predicted octanol–water partition coefficient (Wildman–Crippen LogP) is 10.5. The van der Waals surface area contributed by atoms with Gasteiger partial charge in [-0.1, -0.05) is 58.0 Å². The molecule has 0 saturated carbocycles. The molecule has 0 saturated heterocycles. The molecule has 0 spiro atoms. The number of benzene rings is 5. The summed E-state index contributed by atoms with van der Waals surface area (Å²) in [6, 6.07) is 13.2. The van der Waals surface area contributed by atoms with Gasteiger partial charge in [0, 0.05) is 64.1 Å². The first kappa shape index (κ1) is 51.4. The summed E-state index contributed by atoms with van der Waals surface area (Å²) in [6.07, 6.45) is 1.84. The van der Waals surface area contributed by atoms with Crippen molar-refractivity contribution in [3.8, 4) is 22.5 Å². The first-order valence-corrected chi connectivity index (χ1v) is 26.1. The second-order valence-corrected chi connectivity index (χ2v) is 22.2. The van der Waals surface area contributed by atoms with Gasteiger partial charge in [0.15, 0.2) is 0 Å². The minimum absolute atomic E-state index is 0.114. The second kappa shape index (κ2) is 19.6. The molecule has 0 fully saturated rings. The van der Waals surface area contributed by atoms with Gasteiger partial charge in [-0.25, -0.2) is 4.99 Å². The number of amides is 2. The lowest BCUT2D eigenvalue weighted by Crippen LogP contribution is -2.17. The number of fused-ring (bicyclic) bond motifs is 2. The fourth-order valence-electron chi connectivity index (χ4n) is 8.33. The van der Waals surface area contributed by atoms with E-state index in [2.05, 4.69) is 16.0 Å². The molecule has 0 aromatic heterocycles. The van der Waals surface area contributed by atoms with E-state index in [-0.39, 0.29) is 86.6 Å². The van der Waals surface area contributed by atoms with E-state index in [1.807, 2.05) is 34.6 Å². The first-order chi connectivity index (χ1) is 31.6. The number of hydrogen-bond acceptors (Lipinski definition) is 11. The molecule has 4 aromatic rings. The number of rotatable bonds is 15. The number of nitrogens with zero attached hydrogens (tertiary/aromatic N) is 1. The van der Waals surface area contributed by atoms with E-state index in [9.17, 15) is 48.5 Å². The molecule has 4 aromatic carbocycles. The lowest BCUT2D eigenvalue weighted by atomic mass is 9.93. The highest BCUT2D eigenvalue weighted by atomic mass is 32.2. The molecule has 2 aliphatic rings. The normalized spacial score (nSPS) is 12.7. The summed E-state index contributed by atoms with van der Waals surface area (Å²) in [5.41, 5.74) is 4.48. The van der Waals surface area contributed by atoms with Gasteiger partial charge in [0.25, 0.3) is 30.4 Å². The smallest absolute Gasteiger partial charge is 0.296 e. The first-order valence-electron chi connectivity index (χ1n) is 21.8. The van der Waals surface area contributed by atoms with Crippen LogP contribution in [0.1, 0.15) is 86.8 Å². The number of aryl methyl sites for hydroxylation is 4. The van der Waals surface area contributed by atoms with Gasteiger partial charge in [0.2, 0.25) is 11.8 Å². The quantitative estimate of drug-likeness (QED) is 0.0414. The molecule has 19 heteroatoms. The summed E-state index contributed by atoms with van der Waals surface area (Å²) >= 11 is 0. The van der Waals surface area contributed by atoms with Crippen LogP contribution in [0.5, 0.6) is 0 Å². The molecule has 1 aliphatic heterocycles. The molecule has 1 heterocycles. The largest absolute Gasteiger partial charge is 0.456 e. The van der Waals surface area contributed by atoms with Crippen molar-refractivity contribution in [1.29, 1.82) is 0 Å². The minimum atomic E-state index is -5.16. The topological polar surface area (TPSA) is 259 Å². The van der Waals surface area contributed by atoms with Gasteiger partial charge in [-0.2, -0.15) is 25.3 Å². The van der Waals surface area contributed by atoms with Crippen molar-refractivity contribution < 1.29 is 52.9 Å². The van der Waals surface area contributed by atoms with Crippen molar-refractivity contribution in [2.45, 2.75) is 110 Å². The molecule has 6 N–H and O–H groups in total. The highest BCUT2D eigenvalue weighted by Gasteiger charge is 2.29. The van der Waals surface area contributed by atoms with Gasteiger partial charge in [-0.15, -0.1) is 0 Å². The van der Waals surface area contributed by atoms with Crippen LogP contribution < -0.4 is 21.3 Å². The van der Waals surface area contributed by atoms with Crippen molar-refractivity contribution in [2.24, 2.45) is 16.8 Å². The minimum Gasteiger partial charge on any atom is -0.456 e. The molecule has 6 rings (SSSR count). The van der Waals surface area contributed by atoms with E-state index < -0.39 is 45.0 Å². The summed E-state index contributed by atoms with van der Waals surface area (Å²) in [5.74, 6) is -0.00371. The Bertz CT molecular complexity index is 3410. The Kier molecular flexibility index (Phi) is 14.8. The summed E-state index contributed by atoms with van der Waals surface area (Å²) in [4.78, 5) is 28.7. The highest BCUT2D eigenvalue weighted by molar-refractivity contribution is 7.86. The number of anilines is 4. The molecule has 0 radical (unpaired) electrons. The van der Waals surface area contributed by atoms with Crippen LogP contribution in [0.15, 0.2) is 84.8 Å². The summed E-state index contributed by atoms with van der Waals surface area (Å²) < 4.78 is 118. The fourth-order valence-corrected chi connectivity index (χ4v) is 10.3. The molecule has 68 heavy (non-hydrogen) atoms. The van der Waals surface area contributed by atoms with Gasteiger partial charge >= 0.3 is 0 Å². The zero-order valence-corrected chi connectivity index (χ0v) is 41.9. The summed E-state index contributed by atoms with van der Waals surface area (Å²) in [6.45, 7) is 18.6. The second-order valence-electron chi connectivity index (χ2n) is 18.0. The van der Waals surface area contributed by atoms with Gasteiger partial charge in [0.1, 0.15) is 26.0 Å². The summed E-state index contributed by atoms with van der Waals surface area (Å²) in [7, 11) is -15.3. The zero-order valence-electron chi connectivity index (χ0n) is 39.4. The number of hydrogen-bond donors (Lipinski definition) is 6. The molecule has 2 amide bonds. The Morgan fingerprint density at radius 1 is 0.603 bits per heavy atom. The van der Waals surface area contributed by atoms with Crippen LogP contribution in [-0.4, -0.2) is 50.7 Å². The molecule has 1 aliphatic carbocycles. The maximum absolute atomic E-state index is 13.4. The van der Waals surface area contributed by atoms with Crippen molar-refractivity contribution in [3.05, 3.63) is 99.4 Å². The maximum Gasteiger partial charge on any atom is 0.296 e. The van der Waals surface area contributed by atoms with Crippen LogP contribution >= 0.6 is 0 Å². The molecule has 0 atom stereocenters. The highest BCUT2D eigenvalue weighted by Crippen LogP contribution is 2.46. The number of carbonyl (C=O) groups is 2. The van der Waals surface area contributed by atoms with Crippen molar-refractivity contribution in [1.82, 2.24) is 0 Å². The van der Waals surface area contributed by atoms with Gasteiger partial charge in [0.05, 0.1) is 16.7 Å². The Morgan fingerprint density at radius 2 is 1.12 bits per heavy atom. The fraction of sp³-hybridized carbons (Fsp3) is 0.327. The van der Waals surface area contributed by atoms with E-state index in [0.717, 1.165) is 29.3 Å². The lowest BCUT2D eigenvalue weighted by molar-refractivity contribution is -0.117. The van der Waals surface area contributed by atoms with E-state index in [4.69, 9.17) is 9.41 Å². The van der Waals surface area contributed by atoms with Crippen LogP contribution in [0.25, 0.3) is 33.4 Å². The van der Waals surface area contributed by atoms with E-state index in [1.54, 1.807) is 46.8 Å². The van der Waals surface area contributed by atoms with Crippen molar-refractivity contribution >= 4 is 81.6 Å². The molecular weight excluding hydrogens is 933 g/mol. The van der Waals surface area contributed by atoms with E-state index in [0.29, 0.717) is 52.2 Å². The van der Waals surface area contributed by atoms with Crippen LogP contribution in [0, 0.1) is 53.4 Å². The van der Waals surface area contributed by atoms with Crippen LogP contribution in [0.4, 0.5) is 28.4 Å². The van der Waals surface area contributed by atoms with Gasteiger partial charge < -0.3 is 20.4 Å². The molecule has 362 valence electrons.